The molecule has 10 nitrogen and oxygen atoms in total. The predicted octanol–water partition coefficient (Wildman–Crippen LogP) is 10.6. The average Bonchev–Trinajstić information content (AvgIpc) is 3.13. The molecule has 0 aromatic rings. The molecular formula is C41H77O10P. The summed E-state index contributed by atoms with van der Waals surface area (Å²) in [7, 11) is -4.61. The molecule has 0 spiro atoms. The summed E-state index contributed by atoms with van der Waals surface area (Å²) in [6.45, 7) is 2.35. The first-order valence-electron chi connectivity index (χ1n) is 20.8. The summed E-state index contributed by atoms with van der Waals surface area (Å²) in [6, 6.07) is 0. The molecular weight excluding hydrogens is 683 g/mol. The van der Waals surface area contributed by atoms with Crippen molar-refractivity contribution >= 4 is 19.8 Å². The Hall–Kier alpha value is -1.55. The van der Waals surface area contributed by atoms with E-state index >= 15 is 0 Å². The minimum absolute atomic E-state index is 0.185. The molecule has 0 aliphatic heterocycles. The molecule has 0 aromatic carbocycles. The summed E-state index contributed by atoms with van der Waals surface area (Å²) < 4.78 is 32.6. The van der Waals surface area contributed by atoms with Gasteiger partial charge >= 0.3 is 19.8 Å². The summed E-state index contributed by atoms with van der Waals surface area (Å²) in [4.78, 5) is 34.9. The van der Waals surface area contributed by atoms with Gasteiger partial charge in [-0.25, -0.2) is 4.57 Å². The van der Waals surface area contributed by atoms with Gasteiger partial charge < -0.3 is 24.6 Å². The van der Waals surface area contributed by atoms with Gasteiger partial charge in [-0.15, -0.1) is 0 Å². The minimum Gasteiger partial charge on any atom is -0.462 e. The fourth-order valence-corrected chi connectivity index (χ4v) is 6.42. The highest BCUT2D eigenvalue weighted by molar-refractivity contribution is 7.47. The van der Waals surface area contributed by atoms with Crippen molar-refractivity contribution in [3.63, 3.8) is 0 Å². The second kappa shape index (κ2) is 37.8. The number of esters is 2. The van der Waals surface area contributed by atoms with Gasteiger partial charge in [-0.05, 0) is 38.5 Å². The van der Waals surface area contributed by atoms with Crippen LogP contribution in [0.5, 0.6) is 0 Å². The van der Waals surface area contributed by atoms with E-state index in [9.17, 15) is 24.2 Å². The summed E-state index contributed by atoms with van der Waals surface area (Å²) in [5.41, 5.74) is 0. The van der Waals surface area contributed by atoms with Crippen LogP contribution in [0.3, 0.4) is 0 Å². The number of phosphoric acid groups is 1. The van der Waals surface area contributed by atoms with E-state index in [2.05, 4.69) is 42.7 Å². The lowest BCUT2D eigenvalue weighted by Crippen LogP contribution is -2.29. The Balaban J connectivity index is 4.33. The van der Waals surface area contributed by atoms with E-state index in [1.165, 1.54) is 89.9 Å². The zero-order valence-electron chi connectivity index (χ0n) is 33.0. The van der Waals surface area contributed by atoms with Gasteiger partial charge in [0.05, 0.1) is 19.8 Å². The molecule has 0 radical (unpaired) electrons. The summed E-state index contributed by atoms with van der Waals surface area (Å²) >= 11 is 0. The number of aliphatic hydroxyl groups is 2. The molecule has 306 valence electrons. The first-order valence-corrected chi connectivity index (χ1v) is 22.3. The number of hydrogen-bond acceptors (Lipinski definition) is 9. The standard InChI is InChI=1S/C41H77O10P/c1-3-5-7-9-11-13-15-17-19-21-22-24-26-28-30-32-40(44)48-36-39(37-50-52(46,47)49-35-38(43)34-42)51-41(45)33-31-29-27-25-23-20-18-16-14-12-10-8-6-4-2/h13,15,17,19,38-39,42-43H,3-12,14,16,18,20-37H2,1-2H3,(H,46,47)/b15-13+,19-17+/t38-,39+/m0/s1. The maximum atomic E-state index is 12.6. The number of hydrogen-bond donors (Lipinski definition) is 3. The summed E-state index contributed by atoms with van der Waals surface area (Å²) in [5, 5.41) is 18.3. The van der Waals surface area contributed by atoms with E-state index in [0.29, 0.717) is 12.8 Å². The smallest absolute Gasteiger partial charge is 0.462 e. The summed E-state index contributed by atoms with van der Waals surface area (Å²) in [6.07, 6.45) is 35.7. The van der Waals surface area contributed by atoms with Crippen molar-refractivity contribution in [2.45, 2.75) is 199 Å². The van der Waals surface area contributed by atoms with Gasteiger partial charge in [0, 0.05) is 12.8 Å². The topological polar surface area (TPSA) is 149 Å². The number of unbranched alkanes of at least 4 members (excludes halogenated alkanes) is 22. The van der Waals surface area contributed by atoms with E-state index in [0.717, 1.165) is 57.8 Å². The molecule has 0 heterocycles. The highest BCUT2D eigenvalue weighted by Crippen LogP contribution is 2.43. The Labute approximate surface area is 317 Å². The van der Waals surface area contributed by atoms with Crippen LogP contribution in [-0.4, -0.2) is 65.7 Å². The number of aliphatic hydroxyl groups excluding tert-OH is 2. The zero-order chi connectivity index (χ0) is 38.4. The van der Waals surface area contributed by atoms with Gasteiger partial charge in [-0.2, -0.15) is 0 Å². The predicted molar refractivity (Wildman–Crippen MR) is 210 cm³/mol. The highest BCUT2D eigenvalue weighted by Gasteiger charge is 2.27. The van der Waals surface area contributed by atoms with Crippen molar-refractivity contribution in [3.05, 3.63) is 24.3 Å². The normalized spacial score (nSPS) is 14.2. The number of allylic oxidation sites excluding steroid dienone is 4. The van der Waals surface area contributed by atoms with Crippen LogP contribution in [0.15, 0.2) is 24.3 Å². The number of carbonyl (C=O) groups is 2. The molecule has 0 aliphatic carbocycles. The van der Waals surface area contributed by atoms with Crippen molar-refractivity contribution in [2.75, 3.05) is 26.4 Å². The van der Waals surface area contributed by atoms with Crippen molar-refractivity contribution in [1.82, 2.24) is 0 Å². The molecule has 3 N–H and O–H groups in total. The van der Waals surface area contributed by atoms with Crippen LogP contribution in [0, 0.1) is 0 Å². The Morgan fingerprint density at radius 1 is 0.577 bits per heavy atom. The highest BCUT2D eigenvalue weighted by atomic mass is 31.2. The Kier molecular flexibility index (Phi) is 36.6. The molecule has 3 atom stereocenters. The van der Waals surface area contributed by atoms with Crippen LogP contribution >= 0.6 is 7.82 Å². The van der Waals surface area contributed by atoms with Gasteiger partial charge in [0.2, 0.25) is 0 Å². The summed E-state index contributed by atoms with van der Waals surface area (Å²) in [5.74, 6) is -0.937. The molecule has 0 bridgehead atoms. The lowest BCUT2D eigenvalue weighted by molar-refractivity contribution is -0.161. The fraction of sp³-hybridized carbons (Fsp3) is 0.854. The van der Waals surface area contributed by atoms with Crippen LogP contribution in [0.4, 0.5) is 0 Å². The molecule has 0 saturated heterocycles. The fourth-order valence-electron chi connectivity index (χ4n) is 5.63. The van der Waals surface area contributed by atoms with Gasteiger partial charge in [-0.3, -0.25) is 18.6 Å². The van der Waals surface area contributed by atoms with E-state index < -0.39 is 51.8 Å². The quantitative estimate of drug-likeness (QED) is 0.0239. The van der Waals surface area contributed by atoms with Crippen LogP contribution in [0.25, 0.3) is 0 Å². The molecule has 0 aromatic heterocycles. The van der Waals surface area contributed by atoms with E-state index in [1.807, 2.05) is 0 Å². The molecule has 0 amide bonds. The molecule has 0 rings (SSSR count). The first-order chi connectivity index (χ1) is 25.2. The molecule has 1 unspecified atom stereocenters. The second-order valence-corrected chi connectivity index (χ2v) is 15.5. The van der Waals surface area contributed by atoms with Gasteiger partial charge in [-0.1, -0.05) is 160 Å². The third-order valence-electron chi connectivity index (χ3n) is 8.89. The number of rotatable bonds is 39. The van der Waals surface area contributed by atoms with Crippen molar-refractivity contribution in [1.29, 1.82) is 0 Å². The molecule has 0 fully saturated rings. The van der Waals surface area contributed by atoms with E-state index in [4.69, 9.17) is 19.1 Å². The SMILES string of the molecule is CCCCCC/C=C/C=C/CCCCCCCC(=O)OC[C@H](COP(=O)(O)OC[C@@H](O)CO)OC(=O)CCCCCCCCCCCCCCCC. The lowest BCUT2D eigenvalue weighted by Gasteiger charge is -2.20. The van der Waals surface area contributed by atoms with Crippen LogP contribution in [-0.2, 0) is 32.7 Å². The number of ether oxygens (including phenoxy) is 2. The van der Waals surface area contributed by atoms with Gasteiger partial charge in [0.25, 0.3) is 0 Å². The lowest BCUT2D eigenvalue weighted by atomic mass is 10.0. The van der Waals surface area contributed by atoms with Gasteiger partial charge in [0.1, 0.15) is 12.7 Å². The van der Waals surface area contributed by atoms with Crippen molar-refractivity contribution < 1.29 is 47.8 Å². The van der Waals surface area contributed by atoms with Crippen LogP contribution < -0.4 is 0 Å². The minimum atomic E-state index is -4.61. The number of carbonyl (C=O) groups excluding carboxylic acids is 2. The molecule has 11 heteroatoms. The first kappa shape index (κ1) is 50.5. The Morgan fingerprint density at radius 2 is 0.981 bits per heavy atom. The molecule has 0 aliphatic rings. The third-order valence-corrected chi connectivity index (χ3v) is 9.84. The zero-order valence-corrected chi connectivity index (χ0v) is 33.9. The molecule has 52 heavy (non-hydrogen) atoms. The van der Waals surface area contributed by atoms with Crippen LogP contribution in [0.2, 0.25) is 0 Å². The Morgan fingerprint density at radius 3 is 1.46 bits per heavy atom. The van der Waals surface area contributed by atoms with Crippen molar-refractivity contribution in [3.8, 4) is 0 Å². The van der Waals surface area contributed by atoms with Crippen LogP contribution in [0.1, 0.15) is 187 Å². The van der Waals surface area contributed by atoms with E-state index in [1.54, 1.807) is 0 Å². The third kappa shape index (κ3) is 36.8. The average molecular weight is 761 g/mol. The van der Waals surface area contributed by atoms with Crippen molar-refractivity contribution in [2.24, 2.45) is 0 Å². The maximum Gasteiger partial charge on any atom is 0.472 e. The maximum absolute atomic E-state index is 12.6. The van der Waals surface area contributed by atoms with Gasteiger partial charge in [0.15, 0.2) is 6.10 Å². The Bertz CT molecular complexity index is 925. The number of phosphoric ester groups is 1. The van der Waals surface area contributed by atoms with E-state index in [-0.39, 0.29) is 19.4 Å². The molecule has 0 saturated carbocycles. The second-order valence-electron chi connectivity index (χ2n) is 14.0. The largest absolute Gasteiger partial charge is 0.472 e. The monoisotopic (exact) mass is 761 g/mol.